The third kappa shape index (κ3) is 6.17. The fourth-order valence-electron chi connectivity index (χ4n) is 1.91. The van der Waals surface area contributed by atoms with Crippen LogP contribution in [-0.4, -0.2) is 71.4 Å². The van der Waals surface area contributed by atoms with Gasteiger partial charge in [0.2, 0.25) is 5.91 Å². The van der Waals surface area contributed by atoms with E-state index >= 15 is 0 Å². The molecule has 0 bridgehead atoms. The highest BCUT2D eigenvalue weighted by atomic mass is 32.2. The smallest absolute Gasteiger partial charge is 0.304 e. The van der Waals surface area contributed by atoms with E-state index in [0.717, 1.165) is 21.6 Å². The molecule has 0 saturated heterocycles. The summed E-state index contributed by atoms with van der Waals surface area (Å²) < 4.78 is 27.1. The fraction of sp³-hybridized carbons (Fsp3) is 0.533. The van der Waals surface area contributed by atoms with Gasteiger partial charge >= 0.3 is 10.2 Å². The van der Waals surface area contributed by atoms with Crippen LogP contribution in [0.2, 0.25) is 0 Å². The van der Waals surface area contributed by atoms with Gasteiger partial charge in [-0.1, -0.05) is 18.2 Å². The zero-order chi connectivity index (χ0) is 17.5. The van der Waals surface area contributed by atoms with Crippen molar-refractivity contribution in [3.63, 3.8) is 0 Å². The van der Waals surface area contributed by atoms with Gasteiger partial charge in [0.25, 0.3) is 0 Å². The number of benzene rings is 1. The molecule has 0 saturated carbocycles. The van der Waals surface area contributed by atoms with Gasteiger partial charge in [0.15, 0.2) is 0 Å². The Bertz CT molecular complexity index is 588. The molecule has 0 aliphatic heterocycles. The highest BCUT2D eigenvalue weighted by Gasteiger charge is 2.26. The summed E-state index contributed by atoms with van der Waals surface area (Å²) in [5, 5.41) is 2.76. The van der Waals surface area contributed by atoms with Gasteiger partial charge in [-0.25, -0.2) is 4.31 Å². The van der Waals surface area contributed by atoms with Crippen LogP contribution < -0.4 is 9.62 Å². The molecule has 0 heterocycles. The Morgan fingerprint density at radius 2 is 1.70 bits per heavy atom. The summed E-state index contributed by atoms with van der Waals surface area (Å²) in [6.07, 6.45) is 0.810. The SMILES string of the molecule is CN(C)CCCNC(=O)CN(c1ccccc1)S(=O)(=O)N(C)C. The predicted octanol–water partition coefficient (Wildman–Crippen LogP) is 0.367. The van der Waals surface area contributed by atoms with E-state index in [1.807, 2.05) is 19.0 Å². The van der Waals surface area contributed by atoms with Crippen molar-refractivity contribution in [2.24, 2.45) is 0 Å². The summed E-state index contributed by atoms with van der Waals surface area (Å²) in [7, 11) is 3.08. The van der Waals surface area contributed by atoms with E-state index in [1.165, 1.54) is 14.1 Å². The van der Waals surface area contributed by atoms with Crippen molar-refractivity contribution >= 4 is 21.8 Å². The number of nitrogens with zero attached hydrogens (tertiary/aromatic N) is 3. The largest absolute Gasteiger partial charge is 0.354 e. The van der Waals surface area contributed by atoms with E-state index in [9.17, 15) is 13.2 Å². The first kappa shape index (κ1) is 19.4. The second-order valence-corrected chi connectivity index (χ2v) is 7.71. The molecule has 0 spiro atoms. The van der Waals surface area contributed by atoms with Crippen LogP contribution in [0.25, 0.3) is 0 Å². The Labute approximate surface area is 139 Å². The minimum Gasteiger partial charge on any atom is -0.354 e. The summed E-state index contributed by atoms with van der Waals surface area (Å²) in [5.74, 6) is -0.321. The van der Waals surface area contributed by atoms with Crippen molar-refractivity contribution in [2.45, 2.75) is 6.42 Å². The van der Waals surface area contributed by atoms with E-state index in [2.05, 4.69) is 5.32 Å². The number of hydrogen-bond acceptors (Lipinski definition) is 4. The van der Waals surface area contributed by atoms with E-state index in [4.69, 9.17) is 0 Å². The molecule has 0 fully saturated rings. The molecule has 130 valence electrons. The van der Waals surface area contributed by atoms with E-state index in [0.29, 0.717) is 12.2 Å². The maximum absolute atomic E-state index is 12.5. The summed E-state index contributed by atoms with van der Waals surface area (Å²) in [6.45, 7) is 1.13. The van der Waals surface area contributed by atoms with Crippen LogP contribution in [-0.2, 0) is 15.0 Å². The van der Waals surface area contributed by atoms with Crippen molar-refractivity contribution in [2.75, 3.05) is 52.1 Å². The second kappa shape index (κ2) is 8.85. The van der Waals surface area contributed by atoms with E-state index < -0.39 is 10.2 Å². The maximum atomic E-state index is 12.5. The molecule has 0 radical (unpaired) electrons. The van der Waals surface area contributed by atoms with Gasteiger partial charge in [0.05, 0.1) is 5.69 Å². The number of rotatable bonds is 9. The Morgan fingerprint density at radius 3 is 2.22 bits per heavy atom. The molecule has 0 aromatic heterocycles. The van der Waals surface area contributed by atoms with Crippen LogP contribution in [0.5, 0.6) is 0 Å². The Morgan fingerprint density at radius 1 is 1.09 bits per heavy atom. The lowest BCUT2D eigenvalue weighted by molar-refractivity contribution is -0.119. The molecule has 8 heteroatoms. The van der Waals surface area contributed by atoms with Gasteiger partial charge in [0.1, 0.15) is 6.54 Å². The van der Waals surface area contributed by atoms with E-state index in [-0.39, 0.29) is 12.5 Å². The van der Waals surface area contributed by atoms with Crippen molar-refractivity contribution < 1.29 is 13.2 Å². The summed E-state index contributed by atoms with van der Waals surface area (Å²) >= 11 is 0. The second-order valence-electron chi connectivity index (χ2n) is 5.64. The number of anilines is 1. The highest BCUT2D eigenvalue weighted by Crippen LogP contribution is 2.18. The molecule has 1 amide bonds. The minimum atomic E-state index is -3.73. The Kier molecular flexibility index (Phi) is 7.47. The molecule has 7 nitrogen and oxygen atoms in total. The third-order valence-corrected chi connectivity index (χ3v) is 5.00. The number of amides is 1. The topological polar surface area (TPSA) is 73.0 Å². The van der Waals surface area contributed by atoms with Crippen LogP contribution in [0.3, 0.4) is 0 Å². The molecule has 0 atom stereocenters. The monoisotopic (exact) mass is 342 g/mol. The van der Waals surface area contributed by atoms with Crippen molar-refractivity contribution in [3.8, 4) is 0 Å². The maximum Gasteiger partial charge on any atom is 0.304 e. The van der Waals surface area contributed by atoms with Crippen LogP contribution in [0.4, 0.5) is 5.69 Å². The predicted molar refractivity (Wildman–Crippen MR) is 92.6 cm³/mol. The molecular weight excluding hydrogens is 316 g/mol. The number of carbonyl (C=O) groups excluding carboxylic acids is 1. The molecule has 1 rings (SSSR count). The van der Waals surface area contributed by atoms with Gasteiger partial charge in [-0.05, 0) is 39.2 Å². The molecule has 0 aliphatic carbocycles. The average molecular weight is 342 g/mol. The molecule has 1 aromatic carbocycles. The van der Waals surface area contributed by atoms with Crippen molar-refractivity contribution in [3.05, 3.63) is 30.3 Å². The number of carbonyl (C=O) groups is 1. The van der Waals surface area contributed by atoms with Crippen LogP contribution in [0.15, 0.2) is 30.3 Å². The lowest BCUT2D eigenvalue weighted by Crippen LogP contribution is -2.46. The van der Waals surface area contributed by atoms with Crippen LogP contribution >= 0.6 is 0 Å². The lowest BCUT2D eigenvalue weighted by Gasteiger charge is -2.26. The fourth-order valence-corrected chi connectivity index (χ4v) is 2.97. The molecule has 1 aromatic rings. The molecular formula is C15H26N4O3S. The van der Waals surface area contributed by atoms with Gasteiger partial charge in [-0.3, -0.25) is 4.79 Å². The van der Waals surface area contributed by atoms with Crippen molar-refractivity contribution in [1.29, 1.82) is 0 Å². The Balaban J connectivity index is 2.77. The van der Waals surface area contributed by atoms with Crippen LogP contribution in [0, 0.1) is 0 Å². The van der Waals surface area contributed by atoms with Gasteiger partial charge < -0.3 is 10.2 Å². The van der Waals surface area contributed by atoms with Crippen LogP contribution in [0.1, 0.15) is 6.42 Å². The van der Waals surface area contributed by atoms with Gasteiger partial charge in [0, 0.05) is 20.6 Å². The summed E-state index contributed by atoms with van der Waals surface area (Å²) in [4.78, 5) is 14.1. The first-order valence-electron chi connectivity index (χ1n) is 7.42. The minimum absolute atomic E-state index is 0.244. The molecule has 0 aliphatic rings. The standard InChI is InChI=1S/C15H26N4O3S/c1-17(2)12-8-11-16-15(20)13-19(23(21,22)18(3)4)14-9-6-5-7-10-14/h5-7,9-10H,8,11-13H2,1-4H3,(H,16,20). The number of hydrogen-bond donors (Lipinski definition) is 1. The first-order chi connectivity index (χ1) is 10.7. The third-order valence-electron chi connectivity index (χ3n) is 3.18. The summed E-state index contributed by atoms with van der Waals surface area (Å²) in [6, 6.07) is 8.61. The summed E-state index contributed by atoms with van der Waals surface area (Å²) in [5.41, 5.74) is 0.463. The number of para-hydroxylation sites is 1. The Hall–Kier alpha value is -1.64. The van der Waals surface area contributed by atoms with Crippen molar-refractivity contribution in [1.82, 2.24) is 14.5 Å². The van der Waals surface area contributed by atoms with E-state index in [1.54, 1.807) is 30.3 Å². The van der Waals surface area contributed by atoms with Gasteiger partial charge in [-0.15, -0.1) is 0 Å². The normalized spacial score (nSPS) is 11.7. The first-order valence-corrected chi connectivity index (χ1v) is 8.81. The highest BCUT2D eigenvalue weighted by molar-refractivity contribution is 7.90. The number of nitrogens with one attached hydrogen (secondary N) is 1. The molecule has 0 unspecified atom stereocenters. The lowest BCUT2D eigenvalue weighted by atomic mass is 10.3. The zero-order valence-electron chi connectivity index (χ0n) is 14.2. The quantitative estimate of drug-likeness (QED) is 0.658. The molecule has 23 heavy (non-hydrogen) atoms. The average Bonchev–Trinajstić information content (AvgIpc) is 2.49. The zero-order valence-corrected chi connectivity index (χ0v) is 15.0. The van der Waals surface area contributed by atoms with Gasteiger partial charge in [-0.2, -0.15) is 12.7 Å². The molecule has 1 N–H and O–H groups in total.